The van der Waals surface area contributed by atoms with Crippen molar-refractivity contribution in [2.45, 2.75) is 12.8 Å². The highest BCUT2D eigenvalue weighted by Gasteiger charge is 2.34. The number of aromatic nitrogens is 1. The number of rotatable bonds is 3. The second-order valence-corrected chi connectivity index (χ2v) is 3.90. The van der Waals surface area contributed by atoms with Crippen molar-refractivity contribution >= 4 is 5.97 Å². The third-order valence-electron chi connectivity index (χ3n) is 2.94. The lowest BCUT2D eigenvalue weighted by Gasteiger charge is -2.16. The van der Waals surface area contributed by atoms with Crippen LogP contribution in [-0.2, 0) is 9.53 Å². The second kappa shape index (κ2) is 5.07. The molecular formula is C12H16N2O2. The maximum Gasteiger partial charge on any atom is 0.310 e. The fraction of sp³-hybridized carbons (Fsp3) is 0.500. The van der Waals surface area contributed by atoms with Crippen molar-refractivity contribution < 1.29 is 9.53 Å². The van der Waals surface area contributed by atoms with Gasteiger partial charge < -0.3 is 10.1 Å². The smallest absolute Gasteiger partial charge is 0.310 e. The fourth-order valence-corrected chi connectivity index (χ4v) is 2.14. The summed E-state index contributed by atoms with van der Waals surface area (Å²) in [7, 11) is 0. The molecule has 0 aromatic carbocycles. The molecule has 1 saturated heterocycles. The lowest BCUT2D eigenvalue weighted by atomic mass is 9.90. The Kier molecular flexibility index (Phi) is 3.51. The van der Waals surface area contributed by atoms with E-state index >= 15 is 0 Å². The summed E-state index contributed by atoms with van der Waals surface area (Å²) >= 11 is 0. The quantitative estimate of drug-likeness (QED) is 0.770. The summed E-state index contributed by atoms with van der Waals surface area (Å²) in [6, 6.07) is 3.92. The predicted molar refractivity (Wildman–Crippen MR) is 60.0 cm³/mol. The van der Waals surface area contributed by atoms with Gasteiger partial charge in [-0.3, -0.25) is 9.78 Å². The summed E-state index contributed by atoms with van der Waals surface area (Å²) in [5.41, 5.74) is 1.15. The Morgan fingerprint density at radius 2 is 2.25 bits per heavy atom. The number of pyridine rings is 1. The normalized spacial score (nSPS) is 24.3. The standard InChI is InChI=1S/C12H16N2O2/c1-2-16-12(15)11-8-14-7-10(11)9-3-5-13-6-4-9/h3-6,10-11,14H,2,7-8H2,1H3/t10-,11+/m0/s1. The van der Waals surface area contributed by atoms with E-state index in [1.807, 2.05) is 19.1 Å². The second-order valence-electron chi connectivity index (χ2n) is 3.90. The molecule has 0 saturated carbocycles. The highest BCUT2D eigenvalue weighted by Crippen LogP contribution is 2.28. The van der Waals surface area contributed by atoms with Crippen LogP contribution in [0.25, 0.3) is 0 Å². The Bertz CT molecular complexity index is 353. The van der Waals surface area contributed by atoms with Gasteiger partial charge >= 0.3 is 5.97 Å². The van der Waals surface area contributed by atoms with Gasteiger partial charge in [-0.2, -0.15) is 0 Å². The number of nitrogens with one attached hydrogen (secondary N) is 1. The molecule has 4 nitrogen and oxygen atoms in total. The van der Waals surface area contributed by atoms with E-state index in [1.165, 1.54) is 0 Å². The number of nitrogens with zero attached hydrogens (tertiary/aromatic N) is 1. The molecular weight excluding hydrogens is 204 g/mol. The Morgan fingerprint density at radius 3 is 2.94 bits per heavy atom. The Morgan fingerprint density at radius 1 is 1.50 bits per heavy atom. The first-order chi connectivity index (χ1) is 7.83. The molecule has 0 bridgehead atoms. The van der Waals surface area contributed by atoms with Crippen LogP contribution in [0.15, 0.2) is 24.5 Å². The third kappa shape index (κ3) is 2.22. The van der Waals surface area contributed by atoms with Gasteiger partial charge in [0.2, 0.25) is 0 Å². The van der Waals surface area contributed by atoms with Crippen LogP contribution in [0.1, 0.15) is 18.4 Å². The van der Waals surface area contributed by atoms with Crippen molar-refractivity contribution in [1.29, 1.82) is 0 Å². The first kappa shape index (κ1) is 11.1. The summed E-state index contributed by atoms with van der Waals surface area (Å²) in [5, 5.41) is 3.24. The molecule has 4 heteroatoms. The van der Waals surface area contributed by atoms with E-state index in [-0.39, 0.29) is 17.8 Å². The molecule has 2 atom stereocenters. The van der Waals surface area contributed by atoms with Gasteiger partial charge in [-0.15, -0.1) is 0 Å². The van der Waals surface area contributed by atoms with Crippen molar-refractivity contribution in [2.75, 3.05) is 19.7 Å². The van der Waals surface area contributed by atoms with Gasteiger partial charge in [0.05, 0.1) is 12.5 Å². The van der Waals surface area contributed by atoms with E-state index in [9.17, 15) is 4.79 Å². The van der Waals surface area contributed by atoms with E-state index in [2.05, 4.69) is 10.3 Å². The Balaban J connectivity index is 2.12. The molecule has 1 aliphatic rings. The van der Waals surface area contributed by atoms with E-state index in [4.69, 9.17) is 4.74 Å². The SMILES string of the molecule is CCOC(=O)[C@@H]1CNC[C@H]1c1ccncc1. The van der Waals surface area contributed by atoms with Crippen LogP contribution >= 0.6 is 0 Å². The summed E-state index contributed by atoms with van der Waals surface area (Å²) in [4.78, 5) is 15.7. The molecule has 1 N–H and O–H groups in total. The highest BCUT2D eigenvalue weighted by atomic mass is 16.5. The first-order valence-corrected chi connectivity index (χ1v) is 5.60. The minimum Gasteiger partial charge on any atom is -0.466 e. The molecule has 1 aromatic heterocycles. The van der Waals surface area contributed by atoms with Crippen molar-refractivity contribution in [3.05, 3.63) is 30.1 Å². The summed E-state index contributed by atoms with van der Waals surface area (Å²) in [6.45, 7) is 3.80. The predicted octanol–water partition coefficient (Wildman–Crippen LogP) is 0.948. The van der Waals surface area contributed by atoms with Gasteiger partial charge in [0.1, 0.15) is 0 Å². The monoisotopic (exact) mass is 220 g/mol. The summed E-state index contributed by atoms with van der Waals surface area (Å²) in [6.07, 6.45) is 3.52. The van der Waals surface area contributed by atoms with Crippen molar-refractivity contribution in [3.63, 3.8) is 0 Å². The highest BCUT2D eigenvalue weighted by molar-refractivity contribution is 5.74. The zero-order valence-corrected chi connectivity index (χ0v) is 9.35. The summed E-state index contributed by atoms with van der Waals surface area (Å²) in [5.74, 6) is 0.0405. The average Bonchev–Trinajstić information content (AvgIpc) is 2.79. The number of hydrogen-bond acceptors (Lipinski definition) is 4. The van der Waals surface area contributed by atoms with Crippen LogP contribution in [0, 0.1) is 5.92 Å². The van der Waals surface area contributed by atoms with Gasteiger partial charge in [0.25, 0.3) is 0 Å². The first-order valence-electron chi connectivity index (χ1n) is 5.60. The molecule has 1 aromatic rings. The molecule has 2 rings (SSSR count). The van der Waals surface area contributed by atoms with Gasteiger partial charge in [0.15, 0.2) is 0 Å². The minimum absolute atomic E-state index is 0.0673. The average molecular weight is 220 g/mol. The zero-order chi connectivity index (χ0) is 11.4. The molecule has 0 radical (unpaired) electrons. The van der Waals surface area contributed by atoms with E-state index < -0.39 is 0 Å². The van der Waals surface area contributed by atoms with Crippen molar-refractivity contribution in [3.8, 4) is 0 Å². The molecule has 0 spiro atoms. The molecule has 86 valence electrons. The number of ether oxygens (including phenoxy) is 1. The minimum atomic E-state index is -0.102. The van der Waals surface area contributed by atoms with Crippen LogP contribution in [-0.4, -0.2) is 30.6 Å². The summed E-state index contributed by atoms with van der Waals surface area (Å²) < 4.78 is 5.08. The number of esters is 1. The van der Waals surface area contributed by atoms with Gasteiger partial charge in [-0.1, -0.05) is 0 Å². The molecule has 1 fully saturated rings. The number of hydrogen-bond donors (Lipinski definition) is 1. The van der Waals surface area contributed by atoms with E-state index in [1.54, 1.807) is 12.4 Å². The molecule has 0 unspecified atom stereocenters. The molecule has 0 aliphatic carbocycles. The van der Waals surface area contributed by atoms with E-state index in [0.717, 1.165) is 12.1 Å². The topological polar surface area (TPSA) is 51.2 Å². The van der Waals surface area contributed by atoms with Crippen molar-refractivity contribution in [1.82, 2.24) is 10.3 Å². The van der Waals surface area contributed by atoms with E-state index in [0.29, 0.717) is 13.2 Å². The Labute approximate surface area is 95.0 Å². The zero-order valence-electron chi connectivity index (χ0n) is 9.35. The van der Waals surface area contributed by atoms with Gasteiger partial charge in [0, 0.05) is 31.4 Å². The molecule has 16 heavy (non-hydrogen) atoms. The van der Waals surface area contributed by atoms with Crippen LogP contribution in [0.4, 0.5) is 0 Å². The Hall–Kier alpha value is -1.42. The molecule has 0 amide bonds. The molecule has 1 aliphatic heterocycles. The molecule has 2 heterocycles. The van der Waals surface area contributed by atoms with Crippen molar-refractivity contribution in [2.24, 2.45) is 5.92 Å². The maximum atomic E-state index is 11.8. The van der Waals surface area contributed by atoms with Gasteiger partial charge in [-0.05, 0) is 24.6 Å². The van der Waals surface area contributed by atoms with Crippen LogP contribution in [0.3, 0.4) is 0 Å². The van der Waals surface area contributed by atoms with Gasteiger partial charge in [-0.25, -0.2) is 0 Å². The largest absolute Gasteiger partial charge is 0.466 e. The van der Waals surface area contributed by atoms with Crippen LogP contribution < -0.4 is 5.32 Å². The lowest BCUT2D eigenvalue weighted by molar-refractivity contribution is -0.147. The van der Waals surface area contributed by atoms with Crippen LogP contribution in [0.2, 0.25) is 0 Å². The lowest BCUT2D eigenvalue weighted by Crippen LogP contribution is -2.24. The number of carbonyl (C=O) groups excluding carboxylic acids is 1. The maximum absolute atomic E-state index is 11.8. The third-order valence-corrected chi connectivity index (χ3v) is 2.94. The number of carbonyl (C=O) groups is 1. The fourth-order valence-electron chi connectivity index (χ4n) is 2.14. The van der Waals surface area contributed by atoms with Crippen LogP contribution in [0.5, 0.6) is 0 Å².